The van der Waals surface area contributed by atoms with E-state index in [0.29, 0.717) is 23.4 Å². The molecule has 1 nitrogen and oxygen atoms in total. The van der Waals surface area contributed by atoms with Crippen molar-refractivity contribution in [2.24, 2.45) is 5.92 Å². The van der Waals surface area contributed by atoms with Gasteiger partial charge in [-0.3, -0.25) is 0 Å². The van der Waals surface area contributed by atoms with Crippen molar-refractivity contribution in [3.05, 3.63) is 68.9 Å². The average Bonchev–Trinajstić information content (AvgIpc) is 2.44. The first kappa shape index (κ1) is 15.5. The highest BCUT2D eigenvalue weighted by Gasteiger charge is 2.13. The van der Waals surface area contributed by atoms with E-state index in [9.17, 15) is 9.50 Å². The summed E-state index contributed by atoms with van der Waals surface area (Å²) in [6, 6.07) is 12.4. The normalized spacial score (nSPS) is 12.4. The average molecular weight is 358 g/mol. The second-order valence-corrected chi connectivity index (χ2v) is 6.17. The van der Waals surface area contributed by atoms with Crippen LogP contribution >= 0.6 is 27.5 Å². The fourth-order valence-corrected chi connectivity index (χ4v) is 2.62. The van der Waals surface area contributed by atoms with E-state index in [4.69, 9.17) is 11.6 Å². The Morgan fingerprint density at radius 2 is 1.80 bits per heavy atom. The van der Waals surface area contributed by atoms with Gasteiger partial charge in [0.1, 0.15) is 5.82 Å². The summed E-state index contributed by atoms with van der Waals surface area (Å²) in [6.45, 7) is 0.0159. The van der Waals surface area contributed by atoms with Crippen molar-refractivity contribution >= 4 is 27.5 Å². The van der Waals surface area contributed by atoms with Gasteiger partial charge >= 0.3 is 0 Å². The SMILES string of the molecule is OCC(Cc1ccc(Br)cc1)Cc1cc(Cl)ccc1F. The van der Waals surface area contributed by atoms with Gasteiger partial charge in [0.05, 0.1) is 0 Å². The predicted molar refractivity (Wildman–Crippen MR) is 83.5 cm³/mol. The molecular weight excluding hydrogens is 343 g/mol. The molecule has 4 heteroatoms. The molecule has 106 valence electrons. The largest absolute Gasteiger partial charge is 0.396 e. The molecular formula is C16H15BrClFO. The molecule has 0 amide bonds. The number of aliphatic hydroxyl groups excluding tert-OH is 1. The lowest BCUT2D eigenvalue weighted by Gasteiger charge is -2.15. The molecule has 1 N–H and O–H groups in total. The molecule has 0 bridgehead atoms. The van der Waals surface area contributed by atoms with E-state index in [-0.39, 0.29) is 18.3 Å². The highest BCUT2D eigenvalue weighted by molar-refractivity contribution is 9.10. The Labute approximate surface area is 131 Å². The smallest absolute Gasteiger partial charge is 0.126 e. The molecule has 0 aliphatic heterocycles. The first-order chi connectivity index (χ1) is 9.58. The van der Waals surface area contributed by atoms with E-state index >= 15 is 0 Å². The van der Waals surface area contributed by atoms with E-state index in [1.165, 1.54) is 12.1 Å². The second kappa shape index (κ2) is 7.21. The van der Waals surface area contributed by atoms with Gasteiger partial charge in [-0.2, -0.15) is 0 Å². The maximum absolute atomic E-state index is 13.7. The lowest BCUT2D eigenvalue weighted by Crippen LogP contribution is -2.13. The summed E-state index contributed by atoms with van der Waals surface area (Å²) in [5.74, 6) is -0.298. The fourth-order valence-electron chi connectivity index (χ4n) is 2.17. The second-order valence-electron chi connectivity index (χ2n) is 4.82. The van der Waals surface area contributed by atoms with Crippen LogP contribution in [0.3, 0.4) is 0 Å². The van der Waals surface area contributed by atoms with Gasteiger partial charge in [-0.25, -0.2) is 4.39 Å². The van der Waals surface area contributed by atoms with Gasteiger partial charge in [-0.05, 0) is 60.2 Å². The maximum Gasteiger partial charge on any atom is 0.126 e. The molecule has 0 aliphatic rings. The van der Waals surface area contributed by atoms with Crippen LogP contribution in [0.5, 0.6) is 0 Å². The van der Waals surface area contributed by atoms with Gasteiger partial charge in [0, 0.05) is 16.1 Å². The zero-order valence-electron chi connectivity index (χ0n) is 10.8. The Bertz CT molecular complexity index is 571. The highest BCUT2D eigenvalue weighted by atomic mass is 79.9. The molecule has 0 aromatic heterocycles. The standard InChI is InChI=1S/C16H15BrClFO/c17-14-3-1-11(2-4-14)7-12(10-20)8-13-9-15(18)5-6-16(13)19/h1-6,9,12,20H,7-8,10H2. The molecule has 2 aromatic rings. The van der Waals surface area contributed by atoms with Crippen molar-refractivity contribution < 1.29 is 9.50 Å². The van der Waals surface area contributed by atoms with Crippen LogP contribution in [0.15, 0.2) is 46.9 Å². The fraction of sp³-hybridized carbons (Fsp3) is 0.250. The lowest BCUT2D eigenvalue weighted by atomic mass is 9.93. The first-order valence-electron chi connectivity index (χ1n) is 6.37. The number of rotatable bonds is 5. The number of hydrogen-bond donors (Lipinski definition) is 1. The molecule has 0 saturated carbocycles. The summed E-state index contributed by atoms with van der Waals surface area (Å²) in [7, 11) is 0. The van der Waals surface area contributed by atoms with Gasteiger partial charge in [0.15, 0.2) is 0 Å². The van der Waals surface area contributed by atoms with E-state index in [2.05, 4.69) is 15.9 Å². The molecule has 0 spiro atoms. The van der Waals surface area contributed by atoms with Crippen molar-refractivity contribution in [3.8, 4) is 0 Å². The molecule has 2 rings (SSSR count). The first-order valence-corrected chi connectivity index (χ1v) is 7.55. The summed E-state index contributed by atoms with van der Waals surface area (Å²) in [6.07, 6.45) is 1.18. The third-order valence-electron chi connectivity index (χ3n) is 3.21. The van der Waals surface area contributed by atoms with Crippen molar-refractivity contribution in [1.82, 2.24) is 0 Å². The summed E-state index contributed by atoms with van der Waals surface area (Å²) >= 11 is 9.27. The van der Waals surface area contributed by atoms with Crippen LogP contribution in [0.2, 0.25) is 5.02 Å². The summed E-state index contributed by atoms with van der Waals surface area (Å²) in [5.41, 5.74) is 1.67. The van der Waals surface area contributed by atoms with Crippen LogP contribution in [0, 0.1) is 11.7 Å². The van der Waals surface area contributed by atoms with Crippen LogP contribution < -0.4 is 0 Å². The molecule has 0 heterocycles. The zero-order valence-corrected chi connectivity index (χ0v) is 13.2. The van der Waals surface area contributed by atoms with Gasteiger partial charge in [-0.15, -0.1) is 0 Å². The summed E-state index contributed by atoms with van der Waals surface area (Å²) in [4.78, 5) is 0. The third kappa shape index (κ3) is 4.30. The quantitative estimate of drug-likeness (QED) is 0.827. The predicted octanol–water partition coefficient (Wildman–Crippen LogP) is 4.64. The molecule has 0 radical (unpaired) electrons. The Hall–Kier alpha value is -0.900. The molecule has 20 heavy (non-hydrogen) atoms. The van der Waals surface area contributed by atoms with Crippen molar-refractivity contribution in [1.29, 1.82) is 0 Å². The maximum atomic E-state index is 13.7. The van der Waals surface area contributed by atoms with Crippen molar-refractivity contribution in [2.45, 2.75) is 12.8 Å². The van der Waals surface area contributed by atoms with E-state index in [1.807, 2.05) is 24.3 Å². The molecule has 0 aliphatic carbocycles. The zero-order chi connectivity index (χ0) is 14.5. The molecule has 1 unspecified atom stereocenters. The van der Waals surface area contributed by atoms with Crippen LogP contribution in [-0.2, 0) is 12.8 Å². The minimum absolute atomic E-state index is 0.0159. The van der Waals surface area contributed by atoms with Crippen LogP contribution in [0.1, 0.15) is 11.1 Å². The molecule has 1 atom stereocenters. The molecule has 2 aromatic carbocycles. The summed E-state index contributed by atoms with van der Waals surface area (Å²) in [5, 5.41) is 10.0. The summed E-state index contributed by atoms with van der Waals surface area (Å²) < 4.78 is 14.7. The minimum Gasteiger partial charge on any atom is -0.396 e. The lowest BCUT2D eigenvalue weighted by molar-refractivity contribution is 0.224. The Morgan fingerprint density at radius 1 is 1.10 bits per heavy atom. The van der Waals surface area contributed by atoms with Crippen molar-refractivity contribution in [3.63, 3.8) is 0 Å². The Balaban J connectivity index is 2.08. The number of benzene rings is 2. The van der Waals surface area contributed by atoms with Crippen LogP contribution in [-0.4, -0.2) is 11.7 Å². The van der Waals surface area contributed by atoms with Gasteiger partial charge in [0.25, 0.3) is 0 Å². The third-order valence-corrected chi connectivity index (χ3v) is 3.98. The van der Waals surface area contributed by atoms with E-state index < -0.39 is 0 Å². The number of halogens is 3. The van der Waals surface area contributed by atoms with Gasteiger partial charge < -0.3 is 5.11 Å². The van der Waals surface area contributed by atoms with Crippen LogP contribution in [0.4, 0.5) is 4.39 Å². The topological polar surface area (TPSA) is 20.2 Å². The monoisotopic (exact) mass is 356 g/mol. The van der Waals surface area contributed by atoms with Gasteiger partial charge in [-0.1, -0.05) is 39.7 Å². The Kier molecular flexibility index (Phi) is 5.58. The molecule has 0 fully saturated rings. The number of aliphatic hydroxyl groups is 1. The number of hydrogen-bond acceptors (Lipinski definition) is 1. The van der Waals surface area contributed by atoms with Gasteiger partial charge in [0.2, 0.25) is 0 Å². The molecule has 0 saturated heterocycles. The van der Waals surface area contributed by atoms with Crippen molar-refractivity contribution in [2.75, 3.05) is 6.61 Å². The van der Waals surface area contributed by atoms with E-state index in [0.717, 1.165) is 10.0 Å². The Morgan fingerprint density at radius 3 is 2.45 bits per heavy atom. The van der Waals surface area contributed by atoms with Crippen LogP contribution in [0.25, 0.3) is 0 Å². The van der Waals surface area contributed by atoms with E-state index in [1.54, 1.807) is 6.07 Å². The minimum atomic E-state index is -0.274. The highest BCUT2D eigenvalue weighted by Crippen LogP contribution is 2.21.